The van der Waals surface area contributed by atoms with Crippen molar-refractivity contribution in [1.82, 2.24) is 4.98 Å². The van der Waals surface area contributed by atoms with E-state index in [1.165, 1.54) is 0 Å². The van der Waals surface area contributed by atoms with Gasteiger partial charge in [0, 0.05) is 15.5 Å². The number of hydrogen-bond acceptors (Lipinski definition) is 3. The van der Waals surface area contributed by atoms with Crippen molar-refractivity contribution in [2.24, 2.45) is 0 Å². The largest absolute Gasteiger partial charge is 0.378 e. The molecule has 1 aromatic heterocycles. The van der Waals surface area contributed by atoms with E-state index in [0.717, 1.165) is 27.4 Å². The van der Waals surface area contributed by atoms with E-state index in [4.69, 9.17) is 0 Å². The van der Waals surface area contributed by atoms with Gasteiger partial charge >= 0.3 is 0 Å². The maximum absolute atomic E-state index is 4.40. The van der Waals surface area contributed by atoms with E-state index in [2.05, 4.69) is 31.6 Å². The second kappa shape index (κ2) is 4.77. The van der Waals surface area contributed by atoms with Crippen molar-refractivity contribution in [3.05, 3.63) is 44.8 Å². The maximum atomic E-state index is 4.40. The number of halogens is 1. The van der Waals surface area contributed by atoms with Crippen LogP contribution >= 0.6 is 27.3 Å². The normalized spacial score (nSPS) is 10.3. The van der Waals surface area contributed by atoms with E-state index >= 15 is 0 Å². The summed E-state index contributed by atoms with van der Waals surface area (Å²) in [5, 5.41) is 6.53. The second-order valence-corrected chi connectivity index (χ2v) is 5.11. The fraction of sp³-hybridized carbons (Fsp3) is 0.182. The highest BCUT2D eigenvalue weighted by atomic mass is 79.9. The number of aryl methyl sites for hydroxylation is 1. The molecule has 0 bridgehead atoms. The maximum Gasteiger partial charge on any atom is 0.0898 e. The van der Waals surface area contributed by atoms with Gasteiger partial charge in [0.2, 0.25) is 0 Å². The molecular formula is C11H11BrN2S. The van der Waals surface area contributed by atoms with Gasteiger partial charge in [0.05, 0.1) is 17.2 Å². The quantitative estimate of drug-likeness (QED) is 0.926. The molecule has 4 heteroatoms. The summed E-state index contributed by atoms with van der Waals surface area (Å²) in [5.41, 5.74) is 2.19. The van der Waals surface area contributed by atoms with Gasteiger partial charge in [-0.1, -0.05) is 12.1 Å². The van der Waals surface area contributed by atoms with Gasteiger partial charge in [-0.2, -0.15) is 0 Å². The van der Waals surface area contributed by atoms with Crippen LogP contribution < -0.4 is 5.32 Å². The van der Waals surface area contributed by atoms with Crippen molar-refractivity contribution in [2.75, 3.05) is 5.32 Å². The van der Waals surface area contributed by atoms with Crippen LogP contribution in [0.2, 0.25) is 0 Å². The molecule has 1 aromatic carbocycles. The Balaban J connectivity index is 2.02. The standard InChI is InChI=1S/C11H11BrN2S/c1-8-14-9(7-15-8)6-13-11-5-3-2-4-10(11)12/h2-5,7,13H,6H2,1H3. The third-order valence-corrected chi connectivity index (χ3v) is 3.51. The molecule has 1 N–H and O–H groups in total. The van der Waals surface area contributed by atoms with E-state index in [1.807, 2.05) is 31.2 Å². The molecule has 0 fully saturated rings. The number of anilines is 1. The summed E-state index contributed by atoms with van der Waals surface area (Å²) in [7, 11) is 0. The van der Waals surface area contributed by atoms with Crippen molar-refractivity contribution < 1.29 is 0 Å². The molecule has 1 heterocycles. The zero-order chi connectivity index (χ0) is 10.7. The SMILES string of the molecule is Cc1nc(CNc2ccccc2Br)cs1. The van der Waals surface area contributed by atoms with E-state index in [1.54, 1.807) is 11.3 Å². The summed E-state index contributed by atoms with van der Waals surface area (Å²) >= 11 is 5.18. The third-order valence-electron chi connectivity index (χ3n) is 2.00. The number of benzene rings is 1. The van der Waals surface area contributed by atoms with E-state index in [9.17, 15) is 0 Å². The Labute approximate surface area is 101 Å². The lowest BCUT2D eigenvalue weighted by atomic mass is 10.3. The molecule has 0 aliphatic carbocycles. The molecule has 78 valence electrons. The van der Waals surface area contributed by atoms with Crippen molar-refractivity contribution in [3.63, 3.8) is 0 Å². The summed E-state index contributed by atoms with van der Waals surface area (Å²) in [6.45, 7) is 2.79. The van der Waals surface area contributed by atoms with Crippen LogP contribution in [0.15, 0.2) is 34.1 Å². The second-order valence-electron chi connectivity index (χ2n) is 3.19. The predicted octanol–water partition coefficient (Wildman–Crippen LogP) is 3.83. The topological polar surface area (TPSA) is 24.9 Å². The van der Waals surface area contributed by atoms with Crippen LogP contribution in [-0.4, -0.2) is 4.98 Å². The Hall–Kier alpha value is -0.870. The number of nitrogens with one attached hydrogen (secondary N) is 1. The number of nitrogens with zero attached hydrogens (tertiary/aromatic N) is 1. The number of hydrogen-bond donors (Lipinski definition) is 1. The van der Waals surface area contributed by atoms with Gasteiger partial charge in [-0.05, 0) is 35.0 Å². The van der Waals surface area contributed by atoms with Crippen molar-refractivity contribution in [2.45, 2.75) is 13.5 Å². The molecule has 2 nitrogen and oxygen atoms in total. The number of thiazole rings is 1. The first kappa shape index (κ1) is 10.6. The summed E-state index contributed by atoms with van der Waals surface area (Å²) in [5.74, 6) is 0. The highest BCUT2D eigenvalue weighted by Crippen LogP contribution is 2.21. The van der Waals surface area contributed by atoms with E-state index in [-0.39, 0.29) is 0 Å². The smallest absolute Gasteiger partial charge is 0.0898 e. The van der Waals surface area contributed by atoms with Crippen LogP contribution in [0.1, 0.15) is 10.7 Å². The Kier molecular flexibility index (Phi) is 3.38. The first-order chi connectivity index (χ1) is 7.25. The minimum Gasteiger partial charge on any atom is -0.378 e. The average Bonchev–Trinajstić information content (AvgIpc) is 2.63. The molecule has 0 radical (unpaired) electrons. The molecule has 0 spiro atoms. The van der Waals surface area contributed by atoms with E-state index < -0.39 is 0 Å². The summed E-state index contributed by atoms with van der Waals surface area (Å²) in [6, 6.07) is 8.08. The molecule has 0 saturated heterocycles. The Bertz CT molecular complexity index is 453. The third kappa shape index (κ3) is 2.79. The first-order valence-electron chi connectivity index (χ1n) is 4.65. The van der Waals surface area contributed by atoms with Crippen LogP contribution in [0.5, 0.6) is 0 Å². The lowest BCUT2D eigenvalue weighted by Crippen LogP contribution is -2.00. The van der Waals surface area contributed by atoms with Gasteiger partial charge in [0.25, 0.3) is 0 Å². The van der Waals surface area contributed by atoms with Crippen molar-refractivity contribution >= 4 is 33.0 Å². The molecule has 0 amide bonds. The van der Waals surface area contributed by atoms with E-state index in [0.29, 0.717) is 0 Å². The van der Waals surface area contributed by atoms with Crippen LogP contribution in [0.4, 0.5) is 5.69 Å². The number of para-hydroxylation sites is 1. The molecule has 0 saturated carbocycles. The lowest BCUT2D eigenvalue weighted by Gasteiger charge is -2.05. The summed E-state index contributed by atoms with van der Waals surface area (Å²) in [6.07, 6.45) is 0. The van der Waals surface area contributed by atoms with Gasteiger partial charge in [0.1, 0.15) is 0 Å². The Morgan fingerprint density at radius 1 is 1.40 bits per heavy atom. The van der Waals surface area contributed by atoms with Crippen LogP contribution in [0.25, 0.3) is 0 Å². The molecular weight excluding hydrogens is 272 g/mol. The van der Waals surface area contributed by atoms with Crippen LogP contribution in [0.3, 0.4) is 0 Å². The molecule has 0 unspecified atom stereocenters. The highest BCUT2D eigenvalue weighted by molar-refractivity contribution is 9.10. The van der Waals surface area contributed by atoms with Gasteiger partial charge < -0.3 is 5.32 Å². The highest BCUT2D eigenvalue weighted by Gasteiger charge is 2.00. The number of aromatic nitrogens is 1. The van der Waals surface area contributed by atoms with Crippen molar-refractivity contribution in [3.8, 4) is 0 Å². The van der Waals surface area contributed by atoms with Gasteiger partial charge in [0.15, 0.2) is 0 Å². The monoisotopic (exact) mass is 282 g/mol. The minimum atomic E-state index is 0.771. The van der Waals surface area contributed by atoms with Crippen molar-refractivity contribution in [1.29, 1.82) is 0 Å². The van der Waals surface area contributed by atoms with Crippen LogP contribution in [0, 0.1) is 6.92 Å². The minimum absolute atomic E-state index is 0.771. The number of rotatable bonds is 3. The molecule has 15 heavy (non-hydrogen) atoms. The molecule has 0 aliphatic rings. The molecule has 2 aromatic rings. The summed E-state index contributed by atoms with van der Waals surface area (Å²) in [4.78, 5) is 4.40. The average molecular weight is 283 g/mol. The fourth-order valence-electron chi connectivity index (χ4n) is 1.28. The fourth-order valence-corrected chi connectivity index (χ4v) is 2.32. The molecule has 0 aliphatic heterocycles. The van der Waals surface area contributed by atoms with Crippen LogP contribution in [-0.2, 0) is 6.54 Å². The van der Waals surface area contributed by atoms with Gasteiger partial charge in [-0.25, -0.2) is 4.98 Å². The lowest BCUT2D eigenvalue weighted by molar-refractivity contribution is 1.05. The Morgan fingerprint density at radius 2 is 2.20 bits per heavy atom. The zero-order valence-corrected chi connectivity index (χ0v) is 10.7. The van der Waals surface area contributed by atoms with Gasteiger partial charge in [-0.3, -0.25) is 0 Å². The first-order valence-corrected chi connectivity index (χ1v) is 6.32. The van der Waals surface area contributed by atoms with Gasteiger partial charge in [-0.15, -0.1) is 11.3 Å². The predicted molar refractivity (Wildman–Crippen MR) is 68.3 cm³/mol. The zero-order valence-electron chi connectivity index (χ0n) is 8.33. The summed E-state index contributed by atoms with van der Waals surface area (Å²) < 4.78 is 1.08. The molecule has 0 atom stereocenters. The molecule has 2 rings (SSSR count). The Morgan fingerprint density at radius 3 is 2.87 bits per heavy atom.